The Bertz CT molecular complexity index is 387. The molecule has 2 nitrogen and oxygen atoms in total. The van der Waals surface area contributed by atoms with E-state index in [1.165, 1.54) is 0 Å². The van der Waals surface area contributed by atoms with Crippen LogP contribution in [0.15, 0.2) is 12.1 Å². The normalized spacial score (nSPS) is 13.9. The Labute approximate surface area is 129 Å². The fraction of sp³-hybridized carbons (Fsp3) is 0.500. The first kappa shape index (κ1) is 18.3. The van der Waals surface area contributed by atoms with E-state index in [2.05, 4.69) is 6.92 Å². The van der Waals surface area contributed by atoms with E-state index in [9.17, 15) is 5.11 Å². The van der Waals surface area contributed by atoms with Gasteiger partial charge in [-0.05, 0) is 24.1 Å². The molecular formula is C12H17Cl4NO. The Hall–Kier alpha value is 0.300. The van der Waals surface area contributed by atoms with E-state index in [0.29, 0.717) is 27.1 Å². The molecule has 0 aromatic heterocycles. The second-order valence-corrected chi connectivity index (χ2v) is 5.25. The van der Waals surface area contributed by atoms with Crippen molar-refractivity contribution in [2.75, 3.05) is 0 Å². The van der Waals surface area contributed by atoms with E-state index in [0.717, 1.165) is 12.8 Å². The zero-order chi connectivity index (χ0) is 13.0. The van der Waals surface area contributed by atoms with Crippen molar-refractivity contribution < 1.29 is 5.11 Å². The highest BCUT2D eigenvalue weighted by molar-refractivity contribution is 6.43. The van der Waals surface area contributed by atoms with E-state index < -0.39 is 12.1 Å². The van der Waals surface area contributed by atoms with Crippen molar-refractivity contribution >= 4 is 47.2 Å². The standard InChI is InChI=1S/C12H16Cl3NO.ClH/c1-2-3-4-10(17)12(16)8-5-7(13)6-9(14)11(8)15;/h5-6,10,12,17H,2-4,16H2,1H3;1H/t10-,12+;/m0./s1. The molecule has 0 fully saturated rings. The molecule has 104 valence electrons. The predicted octanol–water partition coefficient (Wildman–Crippen LogP) is 4.62. The van der Waals surface area contributed by atoms with Gasteiger partial charge in [0.2, 0.25) is 0 Å². The van der Waals surface area contributed by atoms with Crippen LogP contribution in [0.2, 0.25) is 15.1 Å². The average Bonchev–Trinajstić information content (AvgIpc) is 2.29. The van der Waals surface area contributed by atoms with Crippen LogP contribution in [0.3, 0.4) is 0 Å². The van der Waals surface area contributed by atoms with Gasteiger partial charge in [0.1, 0.15) is 0 Å². The van der Waals surface area contributed by atoms with Crippen molar-refractivity contribution in [3.63, 3.8) is 0 Å². The number of aliphatic hydroxyl groups is 1. The van der Waals surface area contributed by atoms with Gasteiger partial charge in [-0.15, -0.1) is 12.4 Å². The molecule has 0 aliphatic heterocycles. The molecule has 0 unspecified atom stereocenters. The van der Waals surface area contributed by atoms with Gasteiger partial charge in [-0.2, -0.15) is 0 Å². The number of halogens is 4. The summed E-state index contributed by atoms with van der Waals surface area (Å²) in [5.41, 5.74) is 6.56. The fourth-order valence-electron chi connectivity index (χ4n) is 1.62. The zero-order valence-electron chi connectivity index (χ0n) is 10.00. The van der Waals surface area contributed by atoms with Crippen LogP contribution in [0.25, 0.3) is 0 Å². The molecule has 1 aromatic rings. The largest absolute Gasteiger partial charge is 0.391 e. The Kier molecular flexibility index (Phi) is 8.61. The van der Waals surface area contributed by atoms with Gasteiger partial charge in [-0.1, -0.05) is 54.6 Å². The molecule has 3 N–H and O–H groups in total. The molecule has 0 spiro atoms. The molecule has 0 bridgehead atoms. The van der Waals surface area contributed by atoms with Crippen LogP contribution in [0.4, 0.5) is 0 Å². The minimum atomic E-state index is -0.637. The van der Waals surface area contributed by atoms with Crippen LogP contribution in [0.5, 0.6) is 0 Å². The van der Waals surface area contributed by atoms with E-state index in [-0.39, 0.29) is 12.4 Å². The molecule has 1 aromatic carbocycles. The number of rotatable bonds is 5. The quantitative estimate of drug-likeness (QED) is 0.773. The van der Waals surface area contributed by atoms with Gasteiger partial charge in [0.05, 0.1) is 22.2 Å². The summed E-state index contributed by atoms with van der Waals surface area (Å²) in [6.07, 6.45) is 1.93. The van der Waals surface area contributed by atoms with Gasteiger partial charge in [-0.3, -0.25) is 0 Å². The highest BCUT2D eigenvalue weighted by Crippen LogP contribution is 2.34. The van der Waals surface area contributed by atoms with Crippen LogP contribution in [0, 0.1) is 0 Å². The smallest absolute Gasteiger partial charge is 0.0733 e. The van der Waals surface area contributed by atoms with Gasteiger partial charge in [0.25, 0.3) is 0 Å². The summed E-state index contributed by atoms with van der Waals surface area (Å²) in [6.45, 7) is 2.06. The van der Waals surface area contributed by atoms with Crippen molar-refractivity contribution in [3.8, 4) is 0 Å². The molecule has 18 heavy (non-hydrogen) atoms. The number of hydrogen-bond acceptors (Lipinski definition) is 2. The first-order valence-corrected chi connectivity index (χ1v) is 6.68. The summed E-state index contributed by atoms with van der Waals surface area (Å²) < 4.78 is 0. The Morgan fingerprint density at radius 1 is 1.28 bits per heavy atom. The van der Waals surface area contributed by atoms with Gasteiger partial charge in [0.15, 0.2) is 0 Å². The molecular weight excluding hydrogens is 316 g/mol. The number of benzene rings is 1. The summed E-state index contributed by atoms with van der Waals surface area (Å²) >= 11 is 17.9. The molecule has 0 saturated heterocycles. The zero-order valence-corrected chi connectivity index (χ0v) is 13.1. The summed E-state index contributed by atoms with van der Waals surface area (Å²) in [7, 11) is 0. The average molecular weight is 333 g/mol. The highest BCUT2D eigenvalue weighted by Gasteiger charge is 2.20. The third-order valence-electron chi connectivity index (χ3n) is 2.65. The topological polar surface area (TPSA) is 46.2 Å². The molecule has 0 amide bonds. The number of nitrogens with two attached hydrogens (primary N) is 1. The Morgan fingerprint density at radius 3 is 2.44 bits per heavy atom. The molecule has 0 saturated carbocycles. The van der Waals surface area contributed by atoms with Crippen LogP contribution >= 0.6 is 47.2 Å². The lowest BCUT2D eigenvalue weighted by molar-refractivity contribution is 0.132. The lowest BCUT2D eigenvalue weighted by Gasteiger charge is -2.20. The fourth-order valence-corrected chi connectivity index (χ4v) is 2.36. The van der Waals surface area contributed by atoms with E-state index in [1.807, 2.05) is 0 Å². The first-order chi connectivity index (χ1) is 7.97. The summed E-state index contributed by atoms with van der Waals surface area (Å²) in [6, 6.07) is 2.64. The van der Waals surface area contributed by atoms with E-state index in [4.69, 9.17) is 40.5 Å². The number of hydrogen-bond donors (Lipinski definition) is 2. The van der Waals surface area contributed by atoms with Crippen molar-refractivity contribution in [2.24, 2.45) is 5.73 Å². The number of aliphatic hydroxyl groups excluding tert-OH is 1. The minimum absolute atomic E-state index is 0. The molecule has 6 heteroatoms. The maximum atomic E-state index is 9.94. The van der Waals surface area contributed by atoms with Crippen molar-refractivity contribution in [1.29, 1.82) is 0 Å². The van der Waals surface area contributed by atoms with Gasteiger partial charge >= 0.3 is 0 Å². The molecule has 0 radical (unpaired) electrons. The van der Waals surface area contributed by atoms with E-state index >= 15 is 0 Å². The van der Waals surface area contributed by atoms with Crippen LogP contribution < -0.4 is 5.73 Å². The second kappa shape index (κ2) is 8.47. The Morgan fingerprint density at radius 2 is 1.89 bits per heavy atom. The van der Waals surface area contributed by atoms with E-state index in [1.54, 1.807) is 12.1 Å². The minimum Gasteiger partial charge on any atom is -0.391 e. The second-order valence-electron chi connectivity index (χ2n) is 4.03. The monoisotopic (exact) mass is 331 g/mol. The lowest BCUT2D eigenvalue weighted by Crippen LogP contribution is -2.26. The predicted molar refractivity (Wildman–Crippen MR) is 81.2 cm³/mol. The van der Waals surface area contributed by atoms with Gasteiger partial charge in [-0.25, -0.2) is 0 Å². The summed E-state index contributed by atoms with van der Waals surface area (Å²) in [5.74, 6) is 0. The van der Waals surface area contributed by atoms with Crippen LogP contribution in [0.1, 0.15) is 37.8 Å². The molecule has 1 rings (SSSR count). The molecule has 0 aliphatic rings. The van der Waals surface area contributed by atoms with Crippen LogP contribution in [-0.2, 0) is 0 Å². The van der Waals surface area contributed by atoms with Crippen molar-refractivity contribution in [3.05, 3.63) is 32.8 Å². The maximum absolute atomic E-state index is 9.94. The molecule has 0 aliphatic carbocycles. The Balaban J connectivity index is 0.00000289. The summed E-state index contributed by atoms with van der Waals surface area (Å²) in [4.78, 5) is 0. The number of unbranched alkanes of at least 4 members (excludes halogenated alkanes) is 1. The first-order valence-electron chi connectivity index (χ1n) is 5.55. The summed E-state index contributed by atoms with van der Waals surface area (Å²) in [5, 5.41) is 11.1. The third kappa shape index (κ3) is 4.76. The van der Waals surface area contributed by atoms with Crippen molar-refractivity contribution in [1.82, 2.24) is 0 Å². The van der Waals surface area contributed by atoms with Crippen molar-refractivity contribution in [2.45, 2.75) is 38.3 Å². The highest BCUT2D eigenvalue weighted by atomic mass is 35.5. The third-order valence-corrected chi connectivity index (χ3v) is 3.68. The SMILES string of the molecule is CCCC[C@H](O)[C@H](N)c1cc(Cl)cc(Cl)c1Cl.Cl. The lowest BCUT2D eigenvalue weighted by atomic mass is 9.98. The molecule has 0 heterocycles. The maximum Gasteiger partial charge on any atom is 0.0733 e. The molecule has 2 atom stereocenters. The van der Waals surface area contributed by atoms with Gasteiger partial charge in [0, 0.05) is 5.02 Å². The van der Waals surface area contributed by atoms with Crippen LogP contribution in [-0.4, -0.2) is 11.2 Å². The van der Waals surface area contributed by atoms with Gasteiger partial charge < -0.3 is 10.8 Å².